The third-order valence-corrected chi connectivity index (χ3v) is 9.45. The maximum atomic E-state index is 13.3. The molecule has 0 spiro atoms. The molecule has 5 nitrogen and oxygen atoms in total. The largest absolute Gasteiger partial charge is 0.471 e. The molecule has 1 heterocycles. The number of carbonyl (C=O) groups is 2. The van der Waals surface area contributed by atoms with Gasteiger partial charge in [-0.15, -0.1) is 11.3 Å². The van der Waals surface area contributed by atoms with E-state index in [1.807, 2.05) is 5.32 Å². The van der Waals surface area contributed by atoms with E-state index in [4.69, 9.17) is 0 Å². The van der Waals surface area contributed by atoms with Crippen molar-refractivity contribution >= 4 is 32.9 Å². The third kappa shape index (κ3) is 5.13. The highest BCUT2D eigenvalue weighted by atomic mass is 32.2. The quantitative estimate of drug-likeness (QED) is 0.578. The highest BCUT2D eigenvalue weighted by Crippen LogP contribution is 2.42. The zero-order valence-electron chi connectivity index (χ0n) is 16.6. The minimum Gasteiger partial charge on any atom is -0.345 e. The van der Waals surface area contributed by atoms with E-state index in [1.54, 1.807) is 0 Å². The normalized spacial score (nSPS) is 25.7. The summed E-state index contributed by atoms with van der Waals surface area (Å²) in [6, 6.07) is -0.837. The Labute approximate surface area is 181 Å². The molecule has 1 aromatic rings. The van der Waals surface area contributed by atoms with Crippen LogP contribution in [-0.4, -0.2) is 44.3 Å². The minimum atomic E-state index is -5.02. The molecule has 1 N–H and O–H groups in total. The van der Waals surface area contributed by atoms with E-state index < -0.39 is 40.1 Å². The summed E-state index contributed by atoms with van der Waals surface area (Å²) in [6.45, 7) is 0. The highest BCUT2D eigenvalue weighted by Gasteiger charge is 2.45. The molecule has 0 radical (unpaired) electrons. The number of fused-ring (bicyclic) bond motifs is 1. The molecule has 31 heavy (non-hydrogen) atoms. The molecule has 0 unspecified atom stereocenters. The summed E-state index contributed by atoms with van der Waals surface area (Å²) in [7, 11) is -3.76. The van der Waals surface area contributed by atoms with Crippen LogP contribution in [0.1, 0.15) is 47.4 Å². The first-order valence-corrected chi connectivity index (χ1v) is 12.8. The summed E-state index contributed by atoms with van der Waals surface area (Å²) < 4.78 is 77.6. The van der Waals surface area contributed by atoms with Crippen LogP contribution in [0, 0.1) is 11.8 Å². The lowest BCUT2D eigenvalue weighted by Gasteiger charge is -2.24. The predicted molar refractivity (Wildman–Crippen MR) is 105 cm³/mol. The number of amides is 1. The van der Waals surface area contributed by atoms with Gasteiger partial charge in [0.1, 0.15) is 12.0 Å². The number of halogens is 4. The van der Waals surface area contributed by atoms with Crippen LogP contribution in [0.15, 0.2) is 4.90 Å². The minimum absolute atomic E-state index is 0.0310. The number of carbonyl (C=O) groups excluding carboxylic acids is 2. The molecule has 172 valence electrons. The molecule has 3 atom stereocenters. The van der Waals surface area contributed by atoms with Gasteiger partial charge in [0.15, 0.2) is 9.84 Å². The molecule has 1 aromatic heterocycles. The molecule has 2 saturated carbocycles. The summed E-state index contributed by atoms with van der Waals surface area (Å²) in [5.74, 6) is -2.80. The van der Waals surface area contributed by atoms with Gasteiger partial charge in [-0.2, -0.15) is 13.2 Å². The fraction of sp³-hybridized carbons (Fsp3) is 0.700. The number of aryl methyl sites for hydroxylation is 1. The summed E-state index contributed by atoms with van der Waals surface area (Å²) in [6.07, 6.45) is -3.23. The molecule has 3 aliphatic rings. The smallest absolute Gasteiger partial charge is 0.345 e. The van der Waals surface area contributed by atoms with Crippen molar-refractivity contribution in [2.75, 3.05) is 5.75 Å². The number of sulfone groups is 1. The fourth-order valence-corrected chi connectivity index (χ4v) is 7.77. The van der Waals surface area contributed by atoms with Crippen molar-refractivity contribution in [1.29, 1.82) is 0 Å². The number of hydrogen-bond donors (Lipinski definition) is 1. The van der Waals surface area contributed by atoms with Crippen LogP contribution in [0.4, 0.5) is 17.6 Å². The monoisotopic (exact) mass is 481 g/mol. The summed E-state index contributed by atoms with van der Waals surface area (Å²) >= 11 is 1.18. The first-order valence-electron chi connectivity index (χ1n) is 10.4. The molecule has 0 aromatic carbocycles. The molecule has 1 amide bonds. The van der Waals surface area contributed by atoms with Gasteiger partial charge in [0.05, 0.1) is 16.6 Å². The van der Waals surface area contributed by atoms with Crippen LogP contribution in [0.2, 0.25) is 0 Å². The maximum absolute atomic E-state index is 13.3. The van der Waals surface area contributed by atoms with Crippen molar-refractivity contribution in [1.82, 2.24) is 5.32 Å². The van der Waals surface area contributed by atoms with Gasteiger partial charge in [-0.3, -0.25) is 9.59 Å². The van der Waals surface area contributed by atoms with E-state index in [1.165, 1.54) is 11.3 Å². The second kappa shape index (κ2) is 8.13. The van der Waals surface area contributed by atoms with Gasteiger partial charge in [-0.05, 0) is 43.6 Å². The van der Waals surface area contributed by atoms with Crippen LogP contribution in [-0.2, 0) is 38.7 Å². The van der Waals surface area contributed by atoms with Gasteiger partial charge in [0.25, 0.3) is 0 Å². The Bertz CT molecular complexity index is 998. The van der Waals surface area contributed by atoms with Crippen molar-refractivity contribution in [2.45, 2.75) is 74.7 Å². The van der Waals surface area contributed by atoms with Gasteiger partial charge in [0, 0.05) is 22.2 Å². The second-order valence-electron chi connectivity index (χ2n) is 8.72. The van der Waals surface area contributed by atoms with Crippen LogP contribution < -0.4 is 5.32 Å². The second-order valence-corrected chi connectivity index (χ2v) is 12.0. The van der Waals surface area contributed by atoms with E-state index in [2.05, 4.69) is 0 Å². The predicted octanol–water partition coefficient (Wildman–Crippen LogP) is 3.33. The molecule has 0 saturated heterocycles. The molecule has 2 fully saturated rings. The number of ketones is 1. The standard InChI is InChI=1S/C20H23F4NO4S2/c21-14-8-12(14)15(26)9-17-18(31(28,29)6-5-10-1-2-10)13-7-11(3-4-16(13)30-17)25-19(27)20(22,23)24/h10-12,14H,1-9H2,(H,25,27)/t11-,12-,14-/m0/s1. The summed E-state index contributed by atoms with van der Waals surface area (Å²) in [5, 5.41) is 1.95. The first kappa shape index (κ1) is 22.7. The van der Waals surface area contributed by atoms with Crippen LogP contribution in [0.5, 0.6) is 0 Å². The SMILES string of the molecule is O=C(Cc1sc2c(c1S(=O)(=O)CCC1CC1)C[C@@H](NC(=O)C(F)(F)F)CC2)[C@H]1C[C@@H]1F. The number of nitrogens with one attached hydrogen (secondary N) is 1. The number of Topliss-reactive ketones (excluding diaryl/α,β-unsaturated/α-hetero) is 1. The van der Waals surface area contributed by atoms with Crippen molar-refractivity contribution in [2.24, 2.45) is 11.8 Å². The van der Waals surface area contributed by atoms with Gasteiger partial charge < -0.3 is 5.32 Å². The van der Waals surface area contributed by atoms with E-state index >= 15 is 0 Å². The van der Waals surface area contributed by atoms with Crippen molar-refractivity contribution in [3.05, 3.63) is 15.3 Å². The molecule has 0 bridgehead atoms. The van der Waals surface area contributed by atoms with Crippen LogP contribution in [0.3, 0.4) is 0 Å². The first-order chi connectivity index (χ1) is 14.5. The lowest BCUT2D eigenvalue weighted by molar-refractivity contribution is -0.174. The highest BCUT2D eigenvalue weighted by molar-refractivity contribution is 7.91. The average Bonchev–Trinajstić information content (AvgIpc) is 3.58. The lowest BCUT2D eigenvalue weighted by atomic mass is 9.93. The summed E-state index contributed by atoms with van der Waals surface area (Å²) in [4.78, 5) is 24.8. The van der Waals surface area contributed by atoms with Gasteiger partial charge in [0.2, 0.25) is 0 Å². The van der Waals surface area contributed by atoms with E-state index in [-0.39, 0.29) is 42.1 Å². The zero-order chi connectivity index (χ0) is 22.6. The van der Waals surface area contributed by atoms with Gasteiger partial charge in [-0.25, -0.2) is 12.8 Å². The Hall–Kier alpha value is -1.49. The molecule has 0 aliphatic heterocycles. The van der Waals surface area contributed by atoms with Crippen molar-refractivity contribution < 1.29 is 35.6 Å². The number of alkyl halides is 4. The third-order valence-electron chi connectivity index (χ3n) is 6.14. The maximum Gasteiger partial charge on any atom is 0.471 e. The Morgan fingerprint density at radius 2 is 1.84 bits per heavy atom. The molecule has 3 aliphatic carbocycles. The number of rotatable bonds is 8. The molecule has 11 heteroatoms. The van der Waals surface area contributed by atoms with Crippen LogP contribution in [0.25, 0.3) is 0 Å². The van der Waals surface area contributed by atoms with E-state index in [9.17, 15) is 35.6 Å². The zero-order valence-corrected chi connectivity index (χ0v) is 18.3. The molecular weight excluding hydrogens is 458 g/mol. The average molecular weight is 482 g/mol. The Morgan fingerprint density at radius 3 is 2.42 bits per heavy atom. The van der Waals surface area contributed by atoms with Gasteiger partial charge in [-0.1, -0.05) is 12.8 Å². The number of hydrogen-bond acceptors (Lipinski definition) is 5. The van der Waals surface area contributed by atoms with Gasteiger partial charge >= 0.3 is 12.1 Å². The Balaban J connectivity index is 1.61. The summed E-state index contributed by atoms with van der Waals surface area (Å²) in [5.41, 5.74) is 0.412. The van der Waals surface area contributed by atoms with E-state index in [0.717, 1.165) is 17.7 Å². The number of thiophene rings is 1. The Kier molecular flexibility index (Phi) is 5.95. The van der Waals surface area contributed by atoms with Crippen molar-refractivity contribution in [3.63, 3.8) is 0 Å². The topological polar surface area (TPSA) is 80.3 Å². The molecular formula is C20H23F4NO4S2. The molecule has 4 rings (SSSR count). The Morgan fingerprint density at radius 1 is 1.16 bits per heavy atom. The van der Waals surface area contributed by atoms with Crippen molar-refractivity contribution in [3.8, 4) is 0 Å². The van der Waals surface area contributed by atoms with Crippen LogP contribution >= 0.6 is 11.3 Å². The van der Waals surface area contributed by atoms with E-state index in [0.29, 0.717) is 29.2 Å². The lowest BCUT2D eigenvalue weighted by Crippen LogP contribution is -2.45. The fourth-order valence-electron chi connectivity index (χ4n) is 4.10.